The zero-order valence-corrected chi connectivity index (χ0v) is 9.76. The lowest BCUT2D eigenvalue weighted by Gasteiger charge is -2.29. The topological polar surface area (TPSA) is 49.3 Å². The van der Waals surface area contributed by atoms with Crippen LogP contribution in [0.3, 0.4) is 0 Å². The summed E-state index contributed by atoms with van der Waals surface area (Å²) >= 11 is 1.75. The van der Waals surface area contributed by atoms with Crippen molar-refractivity contribution in [3.63, 3.8) is 0 Å². The summed E-state index contributed by atoms with van der Waals surface area (Å²) in [6, 6.07) is 0.00690. The molecule has 0 aromatic heterocycles. The van der Waals surface area contributed by atoms with Gasteiger partial charge in [0.15, 0.2) is 0 Å². The number of thioether (sulfide) groups is 1. The highest BCUT2D eigenvalue weighted by molar-refractivity contribution is 8.00. The average Bonchev–Trinajstić information content (AvgIpc) is 2.74. The molecular formula is C11H19NO2S. The third kappa shape index (κ3) is 2.88. The van der Waals surface area contributed by atoms with E-state index in [0.717, 1.165) is 44.3 Å². The first-order valence-electron chi connectivity index (χ1n) is 5.87. The summed E-state index contributed by atoms with van der Waals surface area (Å²) in [6.45, 7) is 0. The van der Waals surface area contributed by atoms with Crippen LogP contribution in [0.1, 0.15) is 38.5 Å². The molecule has 1 unspecified atom stereocenters. The first kappa shape index (κ1) is 11.3. The minimum atomic E-state index is -0.325. The van der Waals surface area contributed by atoms with Crippen molar-refractivity contribution in [1.82, 2.24) is 5.32 Å². The van der Waals surface area contributed by atoms with Gasteiger partial charge in [-0.3, -0.25) is 4.79 Å². The van der Waals surface area contributed by atoms with Gasteiger partial charge in [0, 0.05) is 0 Å². The van der Waals surface area contributed by atoms with E-state index >= 15 is 0 Å². The summed E-state index contributed by atoms with van der Waals surface area (Å²) in [5, 5.41) is 12.9. The average molecular weight is 229 g/mol. The Morgan fingerprint density at radius 3 is 2.67 bits per heavy atom. The minimum Gasteiger partial charge on any atom is -0.391 e. The molecule has 1 saturated heterocycles. The largest absolute Gasteiger partial charge is 0.391 e. The van der Waals surface area contributed by atoms with Crippen LogP contribution >= 0.6 is 11.8 Å². The molecule has 2 N–H and O–H groups in total. The fourth-order valence-corrected chi connectivity index (χ4v) is 3.51. The van der Waals surface area contributed by atoms with Crippen LogP contribution in [0.25, 0.3) is 0 Å². The van der Waals surface area contributed by atoms with Crippen LogP contribution < -0.4 is 5.32 Å². The number of carbonyl (C=O) groups excluding carboxylic acids is 1. The van der Waals surface area contributed by atoms with Gasteiger partial charge in [-0.15, -0.1) is 11.8 Å². The molecule has 0 bridgehead atoms. The summed E-state index contributed by atoms with van der Waals surface area (Å²) in [6.07, 6.45) is 5.81. The van der Waals surface area contributed by atoms with Crippen LogP contribution in [-0.2, 0) is 4.79 Å². The highest BCUT2D eigenvalue weighted by Crippen LogP contribution is 2.27. The van der Waals surface area contributed by atoms with Gasteiger partial charge in [-0.1, -0.05) is 12.8 Å². The van der Waals surface area contributed by atoms with Crippen molar-refractivity contribution in [1.29, 1.82) is 0 Å². The molecule has 1 saturated carbocycles. The Labute approximate surface area is 95.0 Å². The Hall–Kier alpha value is -0.220. The van der Waals surface area contributed by atoms with E-state index in [-0.39, 0.29) is 23.3 Å². The molecule has 0 radical (unpaired) electrons. The molecule has 0 spiro atoms. The van der Waals surface area contributed by atoms with Gasteiger partial charge < -0.3 is 10.4 Å². The molecule has 1 aliphatic carbocycles. The van der Waals surface area contributed by atoms with Gasteiger partial charge in [0.2, 0.25) is 5.91 Å². The second-order valence-corrected chi connectivity index (χ2v) is 5.78. The third-order valence-corrected chi connectivity index (χ3v) is 4.66. The highest BCUT2D eigenvalue weighted by Gasteiger charge is 2.29. The number of rotatable bonds is 2. The van der Waals surface area contributed by atoms with Crippen LogP contribution in [0.15, 0.2) is 0 Å². The maximum Gasteiger partial charge on any atom is 0.233 e. The van der Waals surface area contributed by atoms with Crippen molar-refractivity contribution in [3.05, 3.63) is 0 Å². The van der Waals surface area contributed by atoms with Gasteiger partial charge in [-0.05, 0) is 31.4 Å². The standard InChI is InChI=1S/C11H19NO2S/c13-9-5-2-1-4-8(9)12-11(14)10-6-3-7-15-10/h8-10,13H,1-7H2,(H,12,14)/t8-,9-,10?/m0/s1. The summed E-state index contributed by atoms with van der Waals surface area (Å²) in [7, 11) is 0. The summed E-state index contributed by atoms with van der Waals surface area (Å²) in [5.74, 6) is 1.24. The Morgan fingerprint density at radius 2 is 2.00 bits per heavy atom. The predicted molar refractivity (Wildman–Crippen MR) is 61.9 cm³/mol. The van der Waals surface area contributed by atoms with Crippen LogP contribution in [0.5, 0.6) is 0 Å². The van der Waals surface area contributed by atoms with Crippen molar-refractivity contribution in [2.45, 2.75) is 55.9 Å². The molecular weight excluding hydrogens is 210 g/mol. The van der Waals surface area contributed by atoms with Crippen molar-refractivity contribution in [2.24, 2.45) is 0 Å². The zero-order chi connectivity index (χ0) is 10.7. The lowest BCUT2D eigenvalue weighted by Crippen LogP contribution is -2.47. The molecule has 2 aliphatic rings. The molecule has 4 heteroatoms. The fraction of sp³-hybridized carbons (Fsp3) is 0.909. The zero-order valence-electron chi connectivity index (χ0n) is 8.95. The van der Waals surface area contributed by atoms with E-state index in [1.165, 1.54) is 0 Å². The number of hydrogen-bond acceptors (Lipinski definition) is 3. The Balaban J connectivity index is 1.81. The lowest BCUT2D eigenvalue weighted by atomic mass is 9.92. The van der Waals surface area contributed by atoms with E-state index in [9.17, 15) is 9.90 Å². The van der Waals surface area contributed by atoms with Gasteiger partial charge in [-0.25, -0.2) is 0 Å². The van der Waals surface area contributed by atoms with E-state index in [1.807, 2.05) is 0 Å². The van der Waals surface area contributed by atoms with E-state index in [2.05, 4.69) is 5.32 Å². The van der Waals surface area contributed by atoms with E-state index in [1.54, 1.807) is 11.8 Å². The number of aliphatic hydroxyl groups excluding tert-OH is 1. The first-order chi connectivity index (χ1) is 7.27. The lowest BCUT2D eigenvalue weighted by molar-refractivity contribution is -0.122. The van der Waals surface area contributed by atoms with Gasteiger partial charge in [-0.2, -0.15) is 0 Å². The molecule has 3 nitrogen and oxygen atoms in total. The van der Waals surface area contributed by atoms with Crippen LogP contribution in [-0.4, -0.2) is 34.2 Å². The molecule has 2 fully saturated rings. The third-order valence-electron chi connectivity index (χ3n) is 3.28. The monoisotopic (exact) mass is 229 g/mol. The van der Waals surface area contributed by atoms with Crippen LogP contribution in [0, 0.1) is 0 Å². The molecule has 0 aromatic rings. The van der Waals surface area contributed by atoms with Crippen molar-refractivity contribution < 1.29 is 9.90 Å². The number of nitrogens with one attached hydrogen (secondary N) is 1. The number of aliphatic hydroxyl groups is 1. The second kappa shape index (κ2) is 5.21. The second-order valence-electron chi connectivity index (χ2n) is 4.47. The Bertz CT molecular complexity index is 229. The fourth-order valence-electron chi connectivity index (χ4n) is 2.34. The Kier molecular flexibility index (Phi) is 3.92. The molecule has 1 amide bonds. The van der Waals surface area contributed by atoms with E-state index in [4.69, 9.17) is 0 Å². The number of hydrogen-bond donors (Lipinski definition) is 2. The van der Waals surface area contributed by atoms with Crippen molar-refractivity contribution in [3.8, 4) is 0 Å². The number of amides is 1. The SMILES string of the molecule is O=C(N[C@H]1CCCC[C@@H]1O)C1CCCS1. The van der Waals surface area contributed by atoms with Gasteiger partial charge in [0.1, 0.15) is 0 Å². The summed E-state index contributed by atoms with van der Waals surface area (Å²) < 4.78 is 0. The normalized spacial score (nSPS) is 36.5. The van der Waals surface area contributed by atoms with E-state index < -0.39 is 0 Å². The maximum atomic E-state index is 11.8. The number of carbonyl (C=O) groups is 1. The molecule has 86 valence electrons. The van der Waals surface area contributed by atoms with Crippen LogP contribution in [0.2, 0.25) is 0 Å². The predicted octanol–water partition coefficient (Wildman–Crippen LogP) is 1.30. The highest BCUT2D eigenvalue weighted by atomic mass is 32.2. The molecule has 0 aromatic carbocycles. The summed E-state index contributed by atoms with van der Waals surface area (Å²) in [5.41, 5.74) is 0. The van der Waals surface area contributed by atoms with Crippen LogP contribution in [0.4, 0.5) is 0 Å². The molecule has 3 atom stereocenters. The maximum absolute atomic E-state index is 11.8. The quantitative estimate of drug-likeness (QED) is 0.750. The summed E-state index contributed by atoms with van der Waals surface area (Å²) in [4.78, 5) is 11.8. The minimum absolute atomic E-state index is 0.00690. The molecule has 1 aliphatic heterocycles. The smallest absolute Gasteiger partial charge is 0.233 e. The van der Waals surface area contributed by atoms with Crippen molar-refractivity contribution >= 4 is 17.7 Å². The van der Waals surface area contributed by atoms with Gasteiger partial charge in [0.05, 0.1) is 17.4 Å². The van der Waals surface area contributed by atoms with Gasteiger partial charge in [0.25, 0.3) is 0 Å². The van der Waals surface area contributed by atoms with E-state index in [0.29, 0.717) is 0 Å². The molecule has 1 heterocycles. The Morgan fingerprint density at radius 1 is 1.20 bits per heavy atom. The molecule has 2 rings (SSSR count). The first-order valence-corrected chi connectivity index (χ1v) is 6.92. The molecule has 15 heavy (non-hydrogen) atoms. The van der Waals surface area contributed by atoms with Gasteiger partial charge >= 0.3 is 0 Å². The van der Waals surface area contributed by atoms with Crippen molar-refractivity contribution in [2.75, 3.05) is 5.75 Å².